The molecule has 0 aliphatic rings. The van der Waals surface area contributed by atoms with Gasteiger partial charge in [-0.2, -0.15) is 0 Å². The van der Waals surface area contributed by atoms with Crippen LogP contribution in [-0.4, -0.2) is 10.1 Å². The Labute approximate surface area is 101 Å². The van der Waals surface area contributed by atoms with E-state index in [2.05, 4.69) is 22.4 Å². The molecule has 0 atom stereocenters. The van der Waals surface area contributed by atoms with Crippen LogP contribution in [0.15, 0.2) is 42.5 Å². The summed E-state index contributed by atoms with van der Waals surface area (Å²) >= 11 is 0. The standard InChI is InChI=1S/C14H16N2O/c1-11-7-8-14(17)13(16-11)10-15-9-12-5-3-2-4-6-12/h2-8,15,17H,9-10H2,1H3. The molecule has 3 nitrogen and oxygen atoms in total. The number of hydrogen-bond donors (Lipinski definition) is 2. The predicted octanol–water partition coefficient (Wildman–Crippen LogP) is 2.39. The summed E-state index contributed by atoms with van der Waals surface area (Å²) in [5, 5.41) is 12.9. The van der Waals surface area contributed by atoms with E-state index in [0.29, 0.717) is 12.2 Å². The molecule has 17 heavy (non-hydrogen) atoms. The van der Waals surface area contributed by atoms with Crippen LogP contribution in [0.2, 0.25) is 0 Å². The molecular weight excluding hydrogens is 212 g/mol. The number of hydrogen-bond acceptors (Lipinski definition) is 3. The van der Waals surface area contributed by atoms with E-state index in [-0.39, 0.29) is 5.75 Å². The van der Waals surface area contributed by atoms with E-state index in [1.54, 1.807) is 12.1 Å². The highest BCUT2D eigenvalue weighted by atomic mass is 16.3. The van der Waals surface area contributed by atoms with Gasteiger partial charge in [-0.25, -0.2) is 0 Å². The lowest BCUT2D eigenvalue weighted by atomic mass is 10.2. The first-order chi connectivity index (χ1) is 8.25. The molecule has 1 aromatic heterocycles. The Bertz CT molecular complexity index is 483. The lowest BCUT2D eigenvalue weighted by Crippen LogP contribution is -2.14. The maximum atomic E-state index is 9.63. The zero-order valence-corrected chi connectivity index (χ0v) is 9.85. The van der Waals surface area contributed by atoms with Gasteiger partial charge in [0, 0.05) is 18.8 Å². The number of benzene rings is 1. The molecule has 88 valence electrons. The Morgan fingerprint density at radius 3 is 2.59 bits per heavy atom. The largest absolute Gasteiger partial charge is 0.506 e. The van der Waals surface area contributed by atoms with Crippen molar-refractivity contribution in [2.24, 2.45) is 0 Å². The third kappa shape index (κ3) is 3.29. The minimum Gasteiger partial charge on any atom is -0.506 e. The molecular formula is C14H16N2O. The van der Waals surface area contributed by atoms with Crippen LogP contribution < -0.4 is 5.32 Å². The highest BCUT2D eigenvalue weighted by Gasteiger charge is 2.02. The highest BCUT2D eigenvalue weighted by Crippen LogP contribution is 2.14. The van der Waals surface area contributed by atoms with Crippen LogP contribution in [0.5, 0.6) is 5.75 Å². The molecule has 0 radical (unpaired) electrons. The van der Waals surface area contributed by atoms with Crippen molar-refractivity contribution in [2.75, 3.05) is 0 Å². The Morgan fingerprint density at radius 2 is 1.82 bits per heavy atom. The van der Waals surface area contributed by atoms with Gasteiger partial charge in [-0.15, -0.1) is 0 Å². The molecule has 0 fully saturated rings. The number of aryl methyl sites for hydroxylation is 1. The van der Waals surface area contributed by atoms with Crippen molar-refractivity contribution < 1.29 is 5.11 Å². The van der Waals surface area contributed by atoms with Crippen molar-refractivity contribution in [3.63, 3.8) is 0 Å². The quantitative estimate of drug-likeness (QED) is 0.844. The van der Waals surface area contributed by atoms with E-state index >= 15 is 0 Å². The molecule has 0 saturated heterocycles. The molecule has 2 aromatic rings. The molecule has 0 aliphatic heterocycles. The predicted molar refractivity (Wildman–Crippen MR) is 67.6 cm³/mol. The van der Waals surface area contributed by atoms with Gasteiger partial charge in [-0.3, -0.25) is 4.98 Å². The average Bonchev–Trinajstić information content (AvgIpc) is 2.35. The average molecular weight is 228 g/mol. The zero-order chi connectivity index (χ0) is 12.1. The smallest absolute Gasteiger partial charge is 0.138 e. The molecule has 0 aliphatic carbocycles. The summed E-state index contributed by atoms with van der Waals surface area (Å²) in [5.41, 5.74) is 2.83. The normalized spacial score (nSPS) is 10.4. The number of pyridine rings is 1. The second kappa shape index (κ2) is 5.46. The Hall–Kier alpha value is -1.87. The molecule has 0 saturated carbocycles. The third-order valence-electron chi connectivity index (χ3n) is 2.55. The molecule has 0 bridgehead atoms. The molecule has 0 unspecified atom stereocenters. The van der Waals surface area contributed by atoms with Crippen LogP contribution in [0.1, 0.15) is 17.0 Å². The molecule has 0 amide bonds. The molecule has 2 N–H and O–H groups in total. The van der Waals surface area contributed by atoms with Crippen molar-refractivity contribution in [1.29, 1.82) is 0 Å². The molecule has 0 spiro atoms. The van der Waals surface area contributed by atoms with Crippen LogP contribution in [0.3, 0.4) is 0 Å². The molecule has 3 heteroatoms. The van der Waals surface area contributed by atoms with Gasteiger partial charge < -0.3 is 10.4 Å². The van der Waals surface area contributed by atoms with Gasteiger partial charge in [0.1, 0.15) is 5.75 Å². The summed E-state index contributed by atoms with van der Waals surface area (Å²) in [5.74, 6) is 0.246. The maximum absolute atomic E-state index is 9.63. The summed E-state index contributed by atoms with van der Waals surface area (Å²) in [6.07, 6.45) is 0. The van der Waals surface area contributed by atoms with Gasteiger partial charge in [0.25, 0.3) is 0 Å². The number of nitrogens with zero attached hydrogens (tertiary/aromatic N) is 1. The number of nitrogens with one attached hydrogen (secondary N) is 1. The van der Waals surface area contributed by atoms with Gasteiger partial charge in [-0.1, -0.05) is 30.3 Å². The summed E-state index contributed by atoms with van der Waals surface area (Å²) in [6, 6.07) is 13.6. The van der Waals surface area contributed by atoms with Crippen LogP contribution in [0.4, 0.5) is 0 Å². The van der Waals surface area contributed by atoms with Crippen molar-refractivity contribution in [2.45, 2.75) is 20.0 Å². The summed E-state index contributed by atoms with van der Waals surface area (Å²) in [7, 11) is 0. The van der Waals surface area contributed by atoms with E-state index in [9.17, 15) is 5.11 Å². The van der Waals surface area contributed by atoms with E-state index in [1.807, 2.05) is 25.1 Å². The van der Waals surface area contributed by atoms with Crippen molar-refractivity contribution >= 4 is 0 Å². The van der Waals surface area contributed by atoms with Gasteiger partial charge in [0.2, 0.25) is 0 Å². The van der Waals surface area contributed by atoms with Crippen LogP contribution in [-0.2, 0) is 13.1 Å². The first-order valence-corrected chi connectivity index (χ1v) is 5.66. The maximum Gasteiger partial charge on any atom is 0.138 e. The second-order valence-electron chi connectivity index (χ2n) is 4.01. The summed E-state index contributed by atoms with van der Waals surface area (Å²) in [6.45, 7) is 3.26. The first kappa shape index (κ1) is 11.6. The van der Waals surface area contributed by atoms with Crippen LogP contribution >= 0.6 is 0 Å². The van der Waals surface area contributed by atoms with Gasteiger partial charge in [0.15, 0.2) is 0 Å². The lowest BCUT2D eigenvalue weighted by Gasteiger charge is -2.07. The second-order valence-corrected chi connectivity index (χ2v) is 4.01. The fourth-order valence-electron chi connectivity index (χ4n) is 1.65. The SMILES string of the molecule is Cc1ccc(O)c(CNCc2ccccc2)n1. The van der Waals surface area contributed by atoms with E-state index in [1.165, 1.54) is 5.56 Å². The molecule has 1 aromatic carbocycles. The summed E-state index contributed by atoms with van der Waals surface area (Å²) in [4.78, 5) is 4.29. The van der Waals surface area contributed by atoms with Crippen LogP contribution in [0.25, 0.3) is 0 Å². The third-order valence-corrected chi connectivity index (χ3v) is 2.55. The number of aromatic nitrogens is 1. The monoisotopic (exact) mass is 228 g/mol. The van der Waals surface area contributed by atoms with Crippen molar-refractivity contribution in [3.8, 4) is 5.75 Å². The summed E-state index contributed by atoms with van der Waals surface area (Å²) < 4.78 is 0. The van der Waals surface area contributed by atoms with Crippen molar-refractivity contribution in [3.05, 3.63) is 59.4 Å². The van der Waals surface area contributed by atoms with Crippen LogP contribution in [0, 0.1) is 6.92 Å². The van der Waals surface area contributed by atoms with E-state index in [0.717, 1.165) is 12.2 Å². The first-order valence-electron chi connectivity index (χ1n) is 5.66. The zero-order valence-electron chi connectivity index (χ0n) is 9.85. The Morgan fingerprint density at radius 1 is 1.06 bits per heavy atom. The van der Waals surface area contributed by atoms with Gasteiger partial charge in [0.05, 0.1) is 5.69 Å². The van der Waals surface area contributed by atoms with E-state index in [4.69, 9.17) is 0 Å². The molecule has 1 heterocycles. The minimum absolute atomic E-state index is 0.246. The van der Waals surface area contributed by atoms with E-state index < -0.39 is 0 Å². The fraction of sp³-hybridized carbons (Fsp3) is 0.214. The highest BCUT2D eigenvalue weighted by molar-refractivity contribution is 5.27. The van der Waals surface area contributed by atoms with Gasteiger partial charge >= 0.3 is 0 Å². The van der Waals surface area contributed by atoms with Crippen molar-refractivity contribution in [1.82, 2.24) is 10.3 Å². The lowest BCUT2D eigenvalue weighted by molar-refractivity contribution is 0.459. The number of rotatable bonds is 4. The number of aromatic hydroxyl groups is 1. The Balaban J connectivity index is 1.92. The topological polar surface area (TPSA) is 45.1 Å². The molecule has 2 rings (SSSR count). The fourth-order valence-corrected chi connectivity index (χ4v) is 1.65. The minimum atomic E-state index is 0.246. The van der Waals surface area contributed by atoms with Gasteiger partial charge in [-0.05, 0) is 24.6 Å². The Kier molecular flexibility index (Phi) is 3.73.